The summed E-state index contributed by atoms with van der Waals surface area (Å²) in [4.78, 5) is 23.2. The number of ether oxygens (including phenoxy) is 1. The second-order valence-electron chi connectivity index (χ2n) is 5.99. The molecular weight excluding hydrogens is 411 g/mol. The second kappa shape index (κ2) is 9.96. The lowest BCUT2D eigenvalue weighted by Gasteiger charge is -2.13. The van der Waals surface area contributed by atoms with Gasteiger partial charge in [-0.25, -0.2) is 4.79 Å². The lowest BCUT2D eigenvalue weighted by atomic mass is 10.2. The van der Waals surface area contributed by atoms with Crippen LogP contribution < -0.4 is 5.32 Å². The summed E-state index contributed by atoms with van der Waals surface area (Å²) in [5, 5.41) is 12.1. The quantitative estimate of drug-likeness (QED) is 0.659. The lowest BCUT2D eigenvalue weighted by molar-refractivity contribution is -0.117. The summed E-state index contributed by atoms with van der Waals surface area (Å²) >= 11 is 13.5. The fraction of sp³-hybridized carbons (Fsp3) is 0.412. The van der Waals surface area contributed by atoms with Gasteiger partial charge in [-0.3, -0.25) is 10.1 Å². The van der Waals surface area contributed by atoms with Crippen molar-refractivity contribution < 1.29 is 14.3 Å². The third-order valence-electron chi connectivity index (χ3n) is 3.29. The van der Waals surface area contributed by atoms with E-state index in [0.717, 1.165) is 0 Å². The van der Waals surface area contributed by atoms with Gasteiger partial charge in [0.05, 0.1) is 17.4 Å². The number of nitrogens with zero attached hydrogens (tertiary/aromatic N) is 3. The zero-order valence-electron chi connectivity index (χ0n) is 15.2. The molecule has 7 nitrogen and oxygen atoms in total. The standard InChI is InChI=1S/C17H20Cl2N4O3S/c1-4-26-17(25)20-14(24)9-27-16-22-21-15(23(16)8-10(2)3)12-6-5-11(18)7-13(12)19/h5-7,10H,4,8-9H2,1-3H3,(H,20,24,25). The van der Waals surface area contributed by atoms with E-state index in [1.165, 1.54) is 11.8 Å². The van der Waals surface area contributed by atoms with Crippen molar-refractivity contribution in [3.05, 3.63) is 28.2 Å². The van der Waals surface area contributed by atoms with Crippen LogP contribution in [0.2, 0.25) is 10.0 Å². The number of aromatic nitrogens is 3. The number of hydrogen-bond donors (Lipinski definition) is 1. The van der Waals surface area contributed by atoms with Gasteiger partial charge in [0.1, 0.15) is 0 Å². The molecule has 0 radical (unpaired) electrons. The largest absolute Gasteiger partial charge is 0.450 e. The maximum Gasteiger partial charge on any atom is 0.413 e. The van der Waals surface area contributed by atoms with Crippen molar-refractivity contribution in [2.45, 2.75) is 32.5 Å². The number of rotatable bonds is 7. The van der Waals surface area contributed by atoms with E-state index >= 15 is 0 Å². The first kappa shape index (κ1) is 21.5. The molecule has 146 valence electrons. The lowest BCUT2D eigenvalue weighted by Crippen LogP contribution is -2.32. The molecule has 0 aliphatic rings. The average Bonchev–Trinajstić information content (AvgIpc) is 2.95. The van der Waals surface area contributed by atoms with Crippen LogP contribution in [0.3, 0.4) is 0 Å². The summed E-state index contributed by atoms with van der Waals surface area (Å²) in [5.74, 6) is 0.449. The van der Waals surface area contributed by atoms with Crippen molar-refractivity contribution >= 4 is 47.0 Å². The Morgan fingerprint density at radius 2 is 2.04 bits per heavy atom. The number of nitrogens with one attached hydrogen (secondary N) is 1. The van der Waals surface area contributed by atoms with Crippen LogP contribution in [0, 0.1) is 5.92 Å². The topological polar surface area (TPSA) is 86.1 Å². The SMILES string of the molecule is CCOC(=O)NC(=O)CSc1nnc(-c2ccc(Cl)cc2Cl)n1CC(C)C. The number of thioether (sulfide) groups is 1. The number of carbonyl (C=O) groups is 2. The molecule has 0 aliphatic carbocycles. The van der Waals surface area contributed by atoms with E-state index in [9.17, 15) is 9.59 Å². The van der Waals surface area contributed by atoms with Gasteiger partial charge < -0.3 is 9.30 Å². The predicted molar refractivity (Wildman–Crippen MR) is 106 cm³/mol. The summed E-state index contributed by atoms with van der Waals surface area (Å²) < 4.78 is 6.59. The zero-order chi connectivity index (χ0) is 20.0. The molecule has 10 heteroatoms. The molecule has 2 aromatic rings. The Kier molecular flexibility index (Phi) is 7.94. The fourth-order valence-corrected chi connectivity index (χ4v) is 3.48. The maximum absolute atomic E-state index is 11.9. The van der Waals surface area contributed by atoms with Gasteiger partial charge in [0.2, 0.25) is 5.91 Å². The Morgan fingerprint density at radius 1 is 1.30 bits per heavy atom. The molecule has 1 N–H and O–H groups in total. The van der Waals surface area contributed by atoms with Gasteiger partial charge in [0.25, 0.3) is 0 Å². The number of alkyl carbamates (subject to hydrolysis) is 1. The number of halogens is 2. The van der Waals surface area contributed by atoms with Gasteiger partial charge >= 0.3 is 6.09 Å². The summed E-state index contributed by atoms with van der Waals surface area (Å²) in [6.07, 6.45) is -0.764. The molecular formula is C17H20Cl2N4O3S. The Morgan fingerprint density at radius 3 is 2.67 bits per heavy atom. The molecule has 1 aromatic heterocycles. The highest BCUT2D eigenvalue weighted by Gasteiger charge is 2.19. The molecule has 1 aromatic carbocycles. The third kappa shape index (κ3) is 6.12. The first-order chi connectivity index (χ1) is 12.8. The highest BCUT2D eigenvalue weighted by Crippen LogP contribution is 2.31. The van der Waals surface area contributed by atoms with Crippen LogP contribution in [0.1, 0.15) is 20.8 Å². The van der Waals surface area contributed by atoms with Crippen molar-refractivity contribution in [1.82, 2.24) is 20.1 Å². The molecule has 0 bridgehead atoms. The average molecular weight is 431 g/mol. The van der Waals surface area contributed by atoms with Crippen LogP contribution in [0.5, 0.6) is 0 Å². The maximum atomic E-state index is 11.9. The number of carbonyl (C=O) groups excluding carboxylic acids is 2. The van der Waals surface area contributed by atoms with Gasteiger partial charge in [-0.1, -0.05) is 48.8 Å². The van der Waals surface area contributed by atoms with Crippen molar-refractivity contribution in [1.29, 1.82) is 0 Å². The Bertz CT molecular complexity index is 827. The minimum absolute atomic E-state index is 0.00337. The van der Waals surface area contributed by atoms with Crippen LogP contribution in [0.15, 0.2) is 23.4 Å². The molecule has 27 heavy (non-hydrogen) atoms. The first-order valence-corrected chi connectivity index (χ1v) is 10.0. The van der Waals surface area contributed by atoms with Gasteiger partial charge in [-0.15, -0.1) is 10.2 Å². The molecule has 0 fully saturated rings. The van der Waals surface area contributed by atoms with E-state index in [4.69, 9.17) is 23.2 Å². The first-order valence-electron chi connectivity index (χ1n) is 8.29. The minimum Gasteiger partial charge on any atom is -0.450 e. The number of hydrogen-bond acceptors (Lipinski definition) is 6. The van der Waals surface area contributed by atoms with E-state index in [1.54, 1.807) is 25.1 Å². The van der Waals surface area contributed by atoms with E-state index in [2.05, 4.69) is 34.1 Å². The number of imide groups is 1. The normalized spacial score (nSPS) is 10.9. The van der Waals surface area contributed by atoms with Crippen LogP contribution in [-0.2, 0) is 16.1 Å². The Labute approximate surface area is 171 Å². The van der Waals surface area contributed by atoms with Crippen molar-refractivity contribution in [2.24, 2.45) is 5.92 Å². The van der Waals surface area contributed by atoms with Gasteiger partial charge in [-0.05, 0) is 31.0 Å². The number of amides is 2. The van der Waals surface area contributed by atoms with Gasteiger partial charge in [0, 0.05) is 17.1 Å². The summed E-state index contributed by atoms with van der Waals surface area (Å²) in [7, 11) is 0. The van der Waals surface area contributed by atoms with Gasteiger partial charge in [-0.2, -0.15) is 0 Å². The van der Waals surface area contributed by atoms with Gasteiger partial charge in [0.15, 0.2) is 11.0 Å². The summed E-state index contributed by atoms with van der Waals surface area (Å²) in [6.45, 7) is 6.63. The second-order valence-corrected chi connectivity index (χ2v) is 7.78. The third-order valence-corrected chi connectivity index (χ3v) is 4.80. The number of benzene rings is 1. The highest BCUT2D eigenvalue weighted by molar-refractivity contribution is 7.99. The zero-order valence-corrected chi connectivity index (χ0v) is 17.5. The Balaban J connectivity index is 2.21. The van der Waals surface area contributed by atoms with Crippen LogP contribution in [-0.4, -0.2) is 39.1 Å². The van der Waals surface area contributed by atoms with E-state index in [-0.39, 0.29) is 12.4 Å². The van der Waals surface area contributed by atoms with Crippen LogP contribution in [0.25, 0.3) is 11.4 Å². The summed E-state index contributed by atoms with van der Waals surface area (Å²) in [5.41, 5.74) is 0.706. The molecule has 2 rings (SSSR count). The van der Waals surface area contributed by atoms with E-state index in [1.807, 2.05) is 4.57 Å². The highest BCUT2D eigenvalue weighted by atomic mass is 35.5. The van der Waals surface area contributed by atoms with E-state index in [0.29, 0.717) is 39.1 Å². The smallest absolute Gasteiger partial charge is 0.413 e. The van der Waals surface area contributed by atoms with Crippen molar-refractivity contribution in [3.8, 4) is 11.4 Å². The molecule has 0 unspecified atom stereocenters. The van der Waals surface area contributed by atoms with Crippen LogP contribution in [0.4, 0.5) is 4.79 Å². The fourth-order valence-electron chi connectivity index (χ4n) is 2.24. The van der Waals surface area contributed by atoms with E-state index < -0.39 is 12.0 Å². The minimum atomic E-state index is -0.764. The summed E-state index contributed by atoms with van der Waals surface area (Å²) in [6, 6.07) is 5.16. The molecule has 0 saturated heterocycles. The van der Waals surface area contributed by atoms with Crippen LogP contribution >= 0.6 is 35.0 Å². The molecule has 0 saturated carbocycles. The monoisotopic (exact) mass is 430 g/mol. The molecule has 1 heterocycles. The van der Waals surface area contributed by atoms with Crippen molar-refractivity contribution in [3.63, 3.8) is 0 Å². The molecule has 2 amide bonds. The molecule has 0 spiro atoms. The predicted octanol–water partition coefficient (Wildman–Crippen LogP) is 4.27. The molecule has 0 aliphatic heterocycles. The Hall–Kier alpha value is -1.77. The molecule has 0 atom stereocenters. The van der Waals surface area contributed by atoms with Crippen molar-refractivity contribution in [2.75, 3.05) is 12.4 Å².